The maximum absolute atomic E-state index is 12.4. The molecule has 2 heterocycles. The lowest BCUT2D eigenvalue weighted by Gasteiger charge is -2.22. The first-order chi connectivity index (χ1) is 9.75. The number of nitrogens with one attached hydrogen (secondary N) is 1. The van der Waals surface area contributed by atoms with E-state index >= 15 is 0 Å². The van der Waals surface area contributed by atoms with Crippen molar-refractivity contribution < 1.29 is 4.79 Å². The minimum Gasteiger partial charge on any atom is -0.336 e. The van der Waals surface area contributed by atoms with Crippen LogP contribution >= 0.6 is 0 Å². The Labute approximate surface area is 118 Å². The van der Waals surface area contributed by atoms with Crippen LogP contribution in [-0.2, 0) is 0 Å². The number of para-hydroxylation sites is 1. The molecule has 0 bridgehead atoms. The standard InChI is InChI=1S/C15H18N4O/c1-18(13-7-9-16-11-13)15(20)14-8-10-19(17-14)12-5-3-2-4-6-12/h2-6,8,10,13,16H,7,9,11H2,1H3. The van der Waals surface area contributed by atoms with Gasteiger partial charge in [0.2, 0.25) is 0 Å². The van der Waals surface area contributed by atoms with Gasteiger partial charge < -0.3 is 10.2 Å². The van der Waals surface area contributed by atoms with Gasteiger partial charge >= 0.3 is 0 Å². The summed E-state index contributed by atoms with van der Waals surface area (Å²) in [5.74, 6) is -0.0200. The highest BCUT2D eigenvalue weighted by atomic mass is 16.2. The maximum Gasteiger partial charge on any atom is 0.274 e. The molecule has 0 saturated carbocycles. The first-order valence-corrected chi connectivity index (χ1v) is 6.84. The zero-order chi connectivity index (χ0) is 13.9. The number of likely N-dealkylation sites (N-methyl/N-ethyl adjacent to an activating group) is 1. The van der Waals surface area contributed by atoms with Crippen molar-refractivity contribution in [2.45, 2.75) is 12.5 Å². The van der Waals surface area contributed by atoms with E-state index in [0.29, 0.717) is 5.69 Å². The lowest BCUT2D eigenvalue weighted by atomic mass is 10.2. The number of rotatable bonds is 3. The van der Waals surface area contributed by atoms with Crippen LogP contribution < -0.4 is 5.32 Å². The highest BCUT2D eigenvalue weighted by molar-refractivity contribution is 5.92. The van der Waals surface area contributed by atoms with E-state index in [4.69, 9.17) is 0 Å². The monoisotopic (exact) mass is 270 g/mol. The molecule has 3 rings (SSSR count). The largest absolute Gasteiger partial charge is 0.336 e. The van der Waals surface area contributed by atoms with Gasteiger partial charge in [-0.15, -0.1) is 0 Å². The predicted molar refractivity (Wildman–Crippen MR) is 76.9 cm³/mol. The molecular weight excluding hydrogens is 252 g/mol. The van der Waals surface area contributed by atoms with E-state index in [2.05, 4.69) is 10.4 Å². The molecule has 1 N–H and O–H groups in total. The molecule has 0 radical (unpaired) electrons. The lowest BCUT2D eigenvalue weighted by Crippen LogP contribution is -2.38. The van der Waals surface area contributed by atoms with Gasteiger partial charge in [-0.05, 0) is 31.2 Å². The van der Waals surface area contributed by atoms with Crippen LogP contribution in [0.1, 0.15) is 16.9 Å². The summed E-state index contributed by atoms with van der Waals surface area (Å²) < 4.78 is 1.73. The van der Waals surface area contributed by atoms with Crippen LogP contribution in [0.2, 0.25) is 0 Å². The average Bonchev–Trinajstić information content (AvgIpc) is 3.18. The second-order valence-electron chi connectivity index (χ2n) is 5.04. The van der Waals surface area contributed by atoms with Crippen LogP contribution in [0, 0.1) is 0 Å². The van der Waals surface area contributed by atoms with Crippen molar-refractivity contribution in [1.82, 2.24) is 20.0 Å². The van der Waals surface area contributed by atoms with Crippen molar-refractivity contribution in [3.05, 3.63) is 48.3 Å². The molecule has 1 aromatic heterocycles. The van der Waals surface area contributed by atoms with Gasteiger partial charge in [-0.2, -0.15) is 5.10 Å². The van der Waals surface area contributed by atoms with Gasteiger partial charge in [0, 0.05) is 25.8 Å². The number of hydrogen-bond donors (Lipinski definition) is 1. The summed E-state index contributed by atoms with van der Waals surface area (Å²) in [5, 5.41) is 7.65. The van der Waals surface area contributed by atoms with Crippen molar-refractivity contribution in [3.8, 4) is 5.69 Å². The molecule has 0 aliphatic carbocycles. The lowest BCUT2D eigenvalue weighted by molar-refractivity contribution is 0.0737. The number of nitrogens with zero attached hydrogens (tertiary/aromatic N) is 3. The van der Waals surface area contributed by atoms with E-state index in [1.807, 2.05) is 43.6 Å². The SMILES string of the molecule is CN(C(=O)c1ccn(-c2ccccc2)n1)C1CCNC1. The van der Waals surface area contributed by atoms with E-state index in [9.17, 15) is 4.79 Å². The van der Waals surface area contributed by atoms with Gasteiger partial charge in [0.15, 0.2) is 5.69 Å². The second kappa shape index (κ2) is 5.46. The number of carbonyl (C=O) groups excluding carboxylic acids is 1. The highest BCUT2D eigenvalue weighted by Crippen LogP contribution is 2.12. The summed E-state index contributed by atoms with van der Waals surface area (Å²) in [4.78, 5) is 14.2. The number of benzene rings is 1. The van der Waals surface area contributed by atoms with Crippen molar-refractivity contribution in [2.24, 2.45) is 0 Å². The minimum absolute atomic E-state index is 0.0200. The van der Waals surface area contributed by atoms with Crippen LogP contribution in [0.4, 0.5) is 0 Å². The molecular formula is C15H18N4O. The zero-order valence-corrected chi connectivity index (χ0v) is 11.5. The molecule has 20 heavy (non-hydrogen) atoms. The molecule has 2 aromatic rings. The summed E-state index contributed by atoms with van der Waals surface area (Å²) in [6.07, 6.45) is 2.82. The topological polar surface area (TPSA) is 50.2 Å². The molecule has 1 saturated heterocycles. The summed E-state index contributed by atoms with van der Waals surface area (Å²) in [6, 6.07) is 11.8. The molecule has 1 aliphatic heterocycles. The third-order valence-electron chi connectivity index (χ3n) is 3.73. The molecule has 5 nitrogen and oxygen atoms in total. The molecule has 1 amide bonds. The summed E-state index contributed by atoms with van der Waals surface area (Å²) in [7, 11) is 1.85. The minimum atomic E-state index is -0.0200. The van der Waals surface area contributed by atoms with Crippen molar-refractivity contribution in [1.29, 1.82) is 0 Å². The van der Waals surface area contributed by atoms with Gasteiger partial charge in [-0.3, -0.25) is 4.79 Å². The fraction of sp³-hybridized carbons (Fsp3) is 0.333. The quantitative estimate of drug-likeness (QED) is 0.915. The van der Waals surface area contributed by atoms with Gasteiger partial charge in [-0.1, -0.05) is 18.2 Å². The summed E-state index contributed by atoms with van der Waals surface area (Å²) in [5.41, 5.74) is 1.44. The Morgan fingerprint density at radius 3 is 2.85 bits per heavy atom. The Morgan fingerprint density at radius 2 is 2.15 bits per heavy atom. The first kappa shape index (κ1) is 12.9. The van der Waals surface area contributed by atoms with E-state index in [-0.39, 0.29) is 11.9 Å². The molecule has 1 atom stereocenters. The predicted octanol–water partition coefficient (Wildman–Crippen LogP) is 1.31. The van der Waals surface area contributed by atoms with E-state index in [1.54, 1.807) is 15.6 Å². The van der Waals surface area contributed by atoms with Crippen LogP contribution in [0.15, 0.2) is 42.6 Å². The van der Waals surface area contributed by atoms with Crippen LogP contribution in [-0.4, -0.2) is 46.8 Å². The smallest absolute Gasteiger partial charge is 0.274 e. The molecule has 0 spiro atoms. The fourth-order valence-corrected chi connectivity index (χ4v) is 2.48. The Hall–Kier alpha value is -2.14. The average molecular weight is 270 g/mol. The van der Waals surface area contributed by atoms with Gasteiger partial charge in [-0.25, -0.2) is 4.68 Å². The Bertz CT molecular complexity index is 587. The number of aromatic nitrogens is 2. The van der Waals surface area contributed by atoms with E-state index in [0.717, 1.165) is 25.2 Å². The molecule has 1 aliphatic rings. The number of carbonyl (C=O) groups is 1. The van der Waals surface area contributed by atoms with Gasteiger partial charge in [0.1, 0.15) is 0 Å². The molecule has 1 fully saturated rings. The van der Waals surface area contributed by atoms with Crippen molar-refractivity contribution in [3.63, 3.8) is 0 Å². The molecule has 104 valence electrons. The third-order valence-corrected chi connectivity index (χ3v) is 3.73. The van der Waals surface area contributed by atoms with E-state index in [1.165, 1.54) is 0 Å². The number of hydrogen-bond acceptors (Lipinski definition) is 3. The molecule has 5 heteroatoms. The van der Waals surface area contributed by atoms with Crippen molar-refractivity contribution in [2.75, 3.05) is 20.1 Å². The van der Waals surface area contributed by atoms with E-state index < -0.39 is 0 Å². The highest BCUT2D eigenvalue weighted by Gasteiger charge is 2.25. The van der Waals surface area contributed by atoms with Crippen LogP contribution in [0.3, 0.4) is 0 Å². The molecule has 1 aromatic carbocycles. The second-order valence-corrected chi connectivity index (χ2v) is 5.04. The van der Waals surface area contributed by atoms with Crippen LogP contribution in [0.25, 0.3) is 5.69 Å². The fourth-order valence-electron chi connectivity index (χ4n) is 2.48. The Kier molecular flexibility index (Phi) is 3.52. The summed E-state index contributed by atoms with van der Waals surface area (Å²) >= 11 is 0. The van der Waals surface area contributed by atoms with Crippen molar-refractivity contribution >= 4 is 5.91 Å². The first-order valence-electron chi connectivity index (χ1n) is 6.84. The zero-order valence-electron chi connectivity index (χ0n) is 11.5. The molecule has 1 unspecified atom stereocenters. The Morgan fingerprint density at radius 1 is 1.35 bits per heavy atom. The normalized spacial score (nSPS) is 18.1. The number of amides is 1. The van der Waals surface area contributed by atoms with Crippen LogP contribution in [0.5, 0.6) is 0 Å². The van der Waals surface area contributed by atoms with Gasteiger partial charge in [0.25, 0.3) is 5.91 Å². The third kappa shape index (κ3) is 2.44. The van der Waals surface area contributed by atoms with Gasteiger partial charge in [0.05, 0.1) is 5.69 Å². The Balaban J connectivity index is 1.78. The maximum atomic E-state index is 12.4. The summed E-state index contributed by atoms with van der Waals surface area (Å²) in [6.45, 7) is 1.84.